The largest absolute Gasteiger partial charge is 0.310 e. The molecule has 0 bridgehead atoms. The van der Waals surface area contributed by atoms with Gasteiger partial charge in [-0.15, -0.1) is 0 Å². The highest BCUT2D eigenvalue weighted by molar-refractivity contribution is 5.30. The van der Waals surface area contributed by atoms with Gasteiger partial charge in [-0.25, -0.2) is 9.37 Å². The molecule has 0 saturated heterocycles. The summed E-state index contributed by atoms with van der Waals surface area (Å²) in [5.41, 5.74) is 2.07. The average molecular weight is 276 g/mol. The van der Waals surface area contributed by atoms with Gasteiger partial charge in [-0.2, -0.15) is 5.10 Å². The van der Waals surface area contributed by atoms with Crippen molar-refractivity contribution in [3.8, 4) is 0 Å². The van der Waals surface area contributed by atoms with Crippen LogP contribution in [0.5, 0.6) is 0 Å². The minimum Gasteiger partial charge on any atom is -0.310 e. The fraction of sp³-hybridized carbons (Fsp3) is 0.467. The molecular weight excluding hydrogens is 255 g/mol. The van der Waals surface area contributed by atoms with Crippen molar-refractivity contribution in [2.75, 3.05) is 6.54 Å². The summed E-state index contributed by atoms with van der Waals surface area (Å²) >= 11 is 0. The molecule has 20 heavy (non-hydrogen) atoms. The van der Waals surface area contributed by atoms with Gasteiger partial charge >= 0.3 is 0 Å². The third-order valence-corrected chi connectivity index (χ3v) is 3.45. The van der Waals surface area contributed by atoms with Crippen LogP contribution >= 0.6 is 0 Å². The number of likely N-dealkylation sites (N-methyl/N-ethyl adjacent to an activating group) is 1. The lowest BCUT2D eigenvalue weighted by Gasteiger charge is -2.20. The molecule has 4 nitrogen and oxygen atoms in total. The number of rotatable bonds is 6. The molecule has 0 amide bonds. The molecule has 1 heterocycles. The van der Waals surface area contributed by atoms with Crippen LogP contribution in [0.1, 0.15) is 36.8 Å². The number of hydrogen-bond donors (Lipinski definition) is 1. The van der Waals surface area contributed by atoms with Gasteiger partial charge in [0.2, 0.25) is 0 Å². The van der Waals surface area contributed by atoms with Crippen LogP contribution in [0.25, 0.3) is 0 Å². The maximum Gasteiger partial charge on any atom is 0.138 e. The number of nitrogens with zero attached hydrogens (tertiary/aromatic N) is 3. The molecule has 1 atom stereocenters. The van der Waals surface area contributed by atoms with Crippen LogP contribution in [0.4, 0.5) is 4.39 Å². The molecule has 0 radical (unpaired) electrons. The zero-order valence-electron chi connectivity index (χ0n) is 12.2. The second kappa shape index (κ2) is 6.61. The fourth-order valence-electron chi connectivity index (χ4n) is 2.42. The van der Waals surface area contributed by atoms with Gasteiger partial charge < -0.3 is 5.32 Å². The Bertz CT molecular complexity index is 565. The second-order valence-electron chi connectivity index (χ2n) is 4.81. The zero-order chi connectivity index (χ0) is 14.5. The maximum atomic E-state index is 13.5. The van der Waals surface area contributed by atoms with Crippen molar-refractivity contribution in [2.45, 2.75) is 39.8 Å². The van der Waals surface area contributed by atoms with Crippen LogP contribution in [0, 0.1) is 12.7 Å². The quantitative estimate of drug-likeness (QED) is 0.882. The molecule has 2 rings (SSSR count). The van der Waals surface area contributed by atoms with Gasteiger partial charge in [0.15, 0.2) is 0 Å². The average Bonchev–Trinajstić information content (AvgIpc) is 2.88. The van der Waals surface area contributed by atoms with Gasteiger partial charge in [-0.05, 0) is 43.7 Å². The van der Waals surface area contributed by atoms with E-state index in [1.807, 2.05) is 31.5 Å². The Hall–Kier alpha value is -1.75. The molecule has 5 heteroatoms. The summed E-state index contributed by atoms with van der Waals surface area (Å²) in [6.45, 7) is 7.70. The van der Waals surface area contributed by atoms with Crippen molar-refractivity contribution < 1.29 is 4.39 Å². The van der Waals surface area contributed by atoms with Crippen LogP contribution < -0.4 is 5.32 Å². The molecule has 0 aliphatic heterocycles. The van der Waals surface area contributed by atoms with E-state index in [0.29, 0.717) is 6.42 Å². The first-order chi connectivity index (χ1) is 9.65. The summed E-state index contributed by atoms with van der Waals surface area (Å²) in [4.78, 5) is 4.30. The Morgan fingerprint density at radius 1 is 1.35 bits per heavy atom. The fourth-order valence-corrected chi connectivity index (χ4v) is 2.42. The third kappa shape index (κ3) is 3.22. The smallest absolute Gasteiger partial charge is 0.138 e. The van der Waals surface area contributed by atoms with E-state index in [9.17, 15) is 4.39 Å². The van der Waals surface area contributed by atoms with Crippen LogP contribution in [0.2, 0.25) is 0 Å². The van der Waals surface area contributed by atoms with E-state index in [1.54, 1.807) is 12.4 Å². The molecule has 1 N–H and O–H groups in total. The molecule has 0 aliphatic carbocycles. The van der Waals surface area contributed by atoms with E-state index in [1.165, 1.54) is 6.07 Å². The minimum absolute atomic E-state index is 0.0465. The van der Waals surface area contributed by atoms with E-state index in [2.05, 4.69) is 15.4 Å². The highest BCUT2D eigenvalue weighted by Crippen LogP contribution is 2.22. The standard InChI is InChI=1S/C15H21FN4/c1-4-17-14(9-15-18-10-19-20(15)5-2)13-8-12(16)7-6-11(13)3/h6-8,10,14,17H,4-5,9H2,1-3H3. The van der Waals surface area contributed by atoms with Gasteiger partial charge in [0, 0.05) is 19.0 Å². The first-order valence-corrected chi connectivity index (χ1v) is 7.01. The molecule has 0 spiro atoms. The molecular formula is C15H21FN4. The summed E-state index contributed by atoms with van der Waals surface area (Å²) in [7, 11) is 0. The van der Waals surface area contributed by atoms with E-state index in [0.717, 1.165) is 30.0 Å². The predicted molar refractivity (Wildman–Crippen MR) is 77.0 cm³/mol. The Labute approximate surface area is 119 Å². The number of aromatic nitrogens is 3. The second-order valence-corrected chi connectivity index (χ2v) is 4.81. The van der Waals surface area contributed by atoms with Crippen molar-refractivity contribution in [2.24, 2.45) is 0 Å². The van der Waals surface area contributed by atoms with Gasteiger partial charge in [-0.1, -0.05) is 13.0 Å². The lowest BCUT2D eigenvalue weighted by molar-refractivity contribution is 0.504. The molecule has 1 aromatic heterocycles. The third-order valence-electron chi connectivity index (χ3n) is 3.45. The van der Waals surface area contributed by atoms with Crippen molar-refractivity contribution in [3.63, 3.8) is 0 Å². The summed E-state index contributed by atoms with van der Waals surface area (Å²) in [5.74, 6) is 0.715. The van der Waals surface area contributed by atoms with E-state index in [-0.39, 0.29) is 11.9 Å². The van der Waals surface area contributed by atoms with E-state index < -0.39 is 0 Å². The van der Waals surface area contributed by atoms with Crippen molar-refractivity contribution in [1.29, 1.82) is 0 Å². The van der Waals surface area contributed by atoms with Crippen LogP contribution in [0.3, 0.4) is 0 Å². The molecule has 108 valence electrons. The van der Waals surface area contributed by atoms with Gasteiger partial charge in [0.05, 0.1) is 0 Å². The van der Waals surface area contributed by atoms with Gasteiger partial charge in [0.1, 0.15) is 18.0 Å². The molecule has 1 aromatic carbocycles. The van der Waals surface area contributed by atoms with E-state index in [4.69, 9.17) is 0 Å². The lowest BCUT2D eigenvalue weighted by atomic mass is 9.98. The first kappa shape index (κ1) is 14.7. The monoisotopic (exact) mass is 276 g/mol. The van der Waals surface area contributed by atoms with E-state index >= 15 is 0 Å². The summed E-state index contributed by atoms with van der Waals surface area (Å²) in [6.07, 6.45) is 2.27. The zero-order valence-corrected chi connectivity index (χ0v) is 12.2. The first-order valence-electron chi connectivity index (χ1n) is 7.01. The molecule has 2 aromatic rings. The predicted octanol–water partition coefficient (Wildman–Crippen LogP) is 2.64. The number of halogens is 1. The summed E-state index contributed by atoms with van der Waals surface area (Å²) in [5, 5.41) is 7.59. The van der Waals surface area contributed by atoms with Crippen LogP contribution in [-0.4, -0.2) is 21.3 Å². The van der Waals surface area contributed by atoms with Crippen molar-refractivity contribution in [3.05, 3.63) is 47.3 Å². The molecule has 0 saturated carbocycles. The van der Waals surface area contributed by atoms with Crippen LogP contribution in [0.15, 0.2) is 24.5 Å². The highest BCUT2D eigenvalue weighted by atomic mass is 19.1. The van der Waals surface area contributed by atoms with Gasteiger partial charge in [-0.3, -0.25) is 4.68 Å². The Morgan fingerprint density at radius 3 is 2.85 bits per heavy atom. The summed E-state index contributed by atoms with van der Waals surface area (Å²) in [6, 6.07) is 4.97. The number of nitrogens with one attached hydrogen (secondary N) is 1. The maximum absolute atomic E-state index is 13.5. The van der Waals surface area contributed by atoms with Gasteiger partial charge in [0.25, 0.3) is 0 Å². The number of aryl methyl sites for hydroxylation is 2. The minimum atomic E-state index is -0.203. The number of hydrogen-bond acceptors (Lipinski definition) is 3. The molecule has 0 aliphatic rings. The van der Waals surface area contributed by atoms with Crippen LogP contribution in [-0.2, 0) is 13.0 Å². The SMILES string of the molecule is CCNC(Cc1ncnn1CC)c1cc(F)ccc1C. The molecule has 0 fully saturated rings. The highest BCUT2D eigenvalue weighted by Gasteiger charge is 2.17. The van der Waals surface area contributed by atoms with Crippen molar-refractivity contribution >= 4 is 0 Å². The Balaban J connectivity index is 2.29. The lowest BCUT2D eigenvalue weighted by Crippen LogP contribution is -2.25. The normalized spacial score (nSPS) is 12.6. The summed E-state index contributed by atoms with van der Waals surface area (Å²) < 4.78 is 15.4. The Morgan fingerprint density at radius 2 is 2.15 bits per heavy atom. The Kier molecular flexibility index (Phi) is 4.84. The van der Waals surface area contributed by atoms with Crippen molar-refractivity contribution in [1.82, 2.24) is 20.1 Å². The topological polar surface area (TPSA) is 42.7 Å². The number of benzene rings is 1. The molecule has 1 unspecified atom stereocenters.